The summed E-state index contributed by atoms with van der Waals surface area (Å²) in [5.41, 5.74) is 0. The van der Waals surface area contributed by atoms with E-state index in [2.05, 4.69) is 0 Å². The molecule has 14 heavy (non-hydrogen) atoms. The second-order valence-corrected chi connectivity index (χ2v) is 3.31. The molecule has 0 N–H and O–H groups in total. The van der Waals surface area contributed by atoms with Crippen molar-refractivity contribution in [2.24, 2.45) is 0 Å². The SMILES string of the molecule is F[B-](F)(F)CCCN1CCOCC1.[K+]. The van der Waals surface area contributed by atoms with Crippen LogP contribution in [0.2, 0.25) is 6.32 Å². The van der Waals surface area contributed by atoms with Gasteiger partial charge in [-0.05, 0) is 6.54 Å². The van der Waals surface area contributed by atoms with Crippen LogP contribution in [0.3, 0.4) is 0 Å². The van der Waals surface area contributed by atoms with E-state index in [-0.39, 0.29) is 57.8 Å². The minimum absolute atomic E-state index is 0. The molecule has 78 valence electrons. The van der Waals surface area contributed by atoms with Gasteiger partial charge in [0.25, 0.3) is 0 Å². The third-order valence-electron chi connectivity index (χ3n) is 2.11. The van der Waals surface area contributed by atoms with Crippen molar-refractivity contribution in [2.45, 2.75) is 12.7 Å². The van der Waals surface area contributed by atoms with E-state index in [0.29, 0.717) is 19.8 Å². The molecular weight excluding hydrogens is 221 g/mol. The van der Waals surface area contributed by atoms with Gasteiger partial charge >= 0.3 is 58.4 Å². The molecule has 0 aromatic carbocycles. The molecule has 2 nitrogen and oxygen atoms in total. The number of halogens is 3. The average Bonchev–Trinajstić information content (AvgIpc) is 2.04. The zero-order valence-electron chi connectivity index (χ0n) is 8.52. The molecular formula is C7H14BF3KNO. The average molecular weight is 235 g/mol. The quantitative estimate of drug-likeness (QED) is 0.553. The minimum atomic E-state index is -4.59. The molecule has 0 bridgehead atoms. The maximum absolute atomic E-state index is 11.8. The molecule has 1 aliphatic heterocycles. The van der Waals surface area contributed by atoms with Crippen molar-refractivity contribution < 1.29 is 69.1 Å². The first-order valence-electron chi connectivity index (χ1n) is 4.59. The van der Waals surface area contributed by atoms with Crippen LogP contribution in [0, 0.1) is 0 Å². The summed E-state index contributed by atoms with van der Waals surface area (Å²) in [5.74, 6) is 0. The molecule has 1 heterocycles. The predicted octanol–water partition coefficient (Wildman–Crippen LogP) is -1.44. The van der Waals surface area contributed by atoms with Crippen LogP contribution < -0.4 is 51.4 Å². The maximum Gasteiger partial charge on any atom is 1.00 e. The summed E-state index contributed by atoms with van der Waals surface area (Å²) < 4.78 is 40.6. The number of rotatable bonds is 4. The van der Waals surface area contributed by atoms with Crippen LogP contribution in [-0.2, 0) is 4.74 Å². The molecule has 0 atom stereocenters. The molecule has 1 rings (SSSR count). The van der Waals surface area contributed by atoms with Crippen LogP contribution in [0.1, 0.15) is 6.42 Å². The fourth-order valence-electron chi connectivity index (χ4n) is 1.37. The largest absolute Gasteiger partial charge is 1.00 e. The number of hydrogen-bond acceptors (Lipinski definition) is 2. The van der Waals surface area contributed by atoms with Gasteiger partial charge in [-0.1, -0.05) is 12.7 Å². The molecule has 1 saturated heterocycles. The van der Waals surface area contributed by atoms with Gasteiger partial charge in [-0.25, -0.2) is 0 Å². The van der Waals surface area contributed by atoms with Gasteiger partial charge in [0, 0.05) is 13.1 Å². The smallest absolute Gasteiger partial charge is 0.449 e. The fourth-order valence-corrected chi connectivity index (χ4v) is 1.37. The summed E-state index contributed by atoms with van der Waals surface area (Å²) in [6.07, 6.45) is -0.388. The van der Waals surface area contributed by atoms with Crippen molar-refractivity contribution in [3.05, 3.63) is 0 Å². The number of hydrogen-bond donors (Lipinski definition) is 0. The summed E-state index contributed by atoms with van der Waals surface area (Å²) in [6.45, 7) is -1.21. The Bertz CT molecular complexity index is 152. The predicted molar refractivity (Wildman–Crippen MR) is 45.8 cm³/mol. The van der Waals surface area contributed by atoms with E-state index < -0.39 is 13.3 Å². The summed E-state index contributed by atoms with van der Waals surface area (Å²) in [4.78, 5) is 2.02. The molecule has 0 radical (unpaired) electrons. The Morgan fingerprint density at radius 3 is 2.21 bits per heavy atom. The third kappa shape index (κ3) is 7.67. The van der Waals surface area contributed by atoms with E-state index in [4.69, 9.17) is 4.74 Å². The van der Waals surface area contributed by atoms with Crippen LogP contribution >= 0.6 is 0 Å². The van der Waals surface area contributed by atoms with Crippen molar-refractivity contribution in [3.8, 4) is 0 Å². The summed E-state index contributed by atoms with van der Waals surface area (Å²) >= 11 is 0. The second kappa shape index (κ2) is 7.65. The normalized spacial score (nSPS) is 19.1. The molecule has 0 aromatic heterocycles. The van der Waals surface area contributed by atoms with Crippen molar-refractivity contribution in [3.63, 3.8) is 0 Å². The van der Waals surface area contributed by atoms with Crippen LogP contribution in [0.25, 0.3) is 0 Å². The van der Waals surface area contributed by atoms with E-state index in [1.54, 1.807) is 0 Å². The van der Waals surface area contributed by atoms with Crippen molar-refractivity contribution in [1.29, 1.82) is 0 Å². The monoisotopic (exact) mass is 235 g/mol. The van der Waals surface area contributed by atoms with Crippen LogP contribution in [0.4, 0.5) is 12.9 Å². The van der Waals surface area contributed by atoms with Crippen molar-refractivity contribution in [2.75, 3.05) is 32.8 Å². The van der Waals surface area contributed by atoms with E-state index in [9.17, 15) is 12.9 Å². The van der Waals surface area contributed by atoms with Gasteiger partial charge in [-0.2, -0.15) is 0 Å². The molecule has 0 saturated carbocycles. The molecule has 0 aromatic rings. The zero-order chi connectivity index (χ0) is 9.73. The second-order valence-electron chi connectivity index (χ2n) is 3.31. The summed E-state index contributed by atoms with van der Waals surface area (Å²) in [6, 6.07) is 0. The van der Waals surface area contributed by atoms with Gasteiger partial charge in [0.1, 0.15) is 0 Å². The van der Waals surface area contributed by atoms with Crippen LogP contribution in [0.5, 0.6) is 0 Å². The Morgan fingerprint density at radius 2 is 1.71 bits per heavy atom. The Kier molecular flexibility index (Phi) is 8.42. The fraction of sp³-hybridized carbons (Fsp3) is 1.00. The van der Waals surface area contributed by atoms with Crippen LogP contribution in [-0.4, -0.2) is 44.7 Å². The van der Waals surface area contributed by atoms with Gasteiger partial charge in [-0.15, -0.1) is 0 Å². The zero-order valence-corrected chi connectivity index (χ0v) is 11.6. The van der Waals surface area contributed by atoms with E-state index >= 15 is 0 Å². The van der Waals surface area contributed by atoms with Gasteiger partial charge in [0.15, 0.2) is 0 Å². The Labute approximate surface area is 125 Å². The first-order valence-corrected chi connectivity index (χ1v) is 4.59. The molecule has 0 spiro atoms. The Morgan fingerprint density at radius 1 is 1.14 bits per heavy atom. The van der Waals surface area contributed by atoms with Crippen LogP contribution in [0.15, 0.2) is 0 Å². The molecule has 1 aliphatic rings. The molecule has 7 heteroatoms. The van der Waals surface area contributed by atoms with Crippen molar-refractivity contribution >= 4 is 6.98 Å². The first-order chi connectivity index (χ1) is 6.08. The number of nitrogens with zero attached hydrogens (tertiary/aromatic N) is 1. The van der Waals surface area contributed by atoms with E-state index in [1.165, 1.54) is 0 Å². The molecule has 0 aliphatic carbocycles. The topological polar surface area (TPSA) is 12.5 Å². The van der Waals surface area contributed by atoms with E-state index in [1.807, 2.05) is 4.90 Å². The molecule has 1 fully saturated rings. The van der Waals surface area contributed by atoms with Gasteiger partial charge in [0.05, 0.1) is 13.2 Å². The molecule has 0 amide bonds. The molecule has 0 unspecified atom stereocenters. The standard InChI is InChI=1S/C7H14BF3NO.K/c9-8(10,11)2-1-3-12-4-6-13-7-5-12;/h1-7H2;/q-1;+1. The van der Waals surface area contributed by atoms with Gasteiger partial charge in [0.2, 0.25) is 0 Å². The minimum Gasteiger partial charge on any atom is -0.449 e. The Hall–Kier alpha value is 1.41. The van der Waals surface area contributed by atoms with E-state index in [0.717, 1.165) is 13.1 Å². The number of ether oxygens (including phenoxy) is 1. The first kappa shape index (κ1) is 15.4. The summed E-state index contributed by atoms with van der Waals surface area (Å²) in [5, 5.41) is 0. The Balaban J connectivity index is 0.00000169. The van der Waals surface area contributed by atoms with Crippen molar-refractivity contribution in [1.82, 2.24) is 4.90 Å². The maximum atomic E-state index is 11.8. The summed E-state index contributed by atoms with van der Waals surface area (Å²) in [7, 11) is 0. The third-order valence-corrected chi connectivity index (χ3v) is 2.11. The number of morpholine rings is 1. The van der Waals surface area contributed by atoms with Gasteiger partial charge in [-0.3, -0.25) is 4.90 Å². The van der Waals surface area contributed by atoms with Gasteiger partial charge < -0.3 is 17.7 Å².